The van der Waals surface area contributed by atoms with Gasteiger partial charge in [0.05, 0.1) is 12.7 Å². The predicted octanol–water partition coefficient (Wildman–Crippen LogP) is 2.68. The second-order valence-electron chi connectivity index (χ2n) is 4.91. The van der Waals surface area contributed by atoms with E-state index in [0.29, 0.717) is 17.7 Å². The average Bonchev–Trinajstić information content (AvgIpc) is 2.97. The van der Waals surface area contributed by atoms with E-state index in [1.54, 1.807) is 29.2 Å². The maximum atomic E-state index is 12.6. The first-order chi connectivity index (χ1) is 10.2. The van der Waals surface area contributed by atoms with Crippen LogP contribution in [0.4, 0.5) is 5.69 Å². The molecule has 3 rings (SSSR count). The lowest BCUT2D eigenvalue weighted by Crippen LogP contribution is -2.29. The normalized spacial score (nSPS) is 12.9. The van der Waals surface area contributed by atoms with Crippen molar-refractivity contribution in [3.63, 3.8) is 0 Å². The lowest BCUT2D eigenvalue weighted by atomic mass is 10.1. The third-order valence-corrected chi connectivity index (χ3v) is 3.66. The number of anilines is 1. The molecule has 0 aromatic heterocycles. The Hall–Kier alpha value is -2.62. The van der Waals surface area contributed by atoms with Gasteiger partial charge in [-0.1, -0.05) is 24.3 Å². The van der Waals surface area contributed by atoms with Crippen LogP contribution in [0.3, 0.4) is 0 Å². The fraction of sp³-hybridized carbons (Fsp3) is 0.176. The topological polar surface area (TPSA) is 46.6 Å². The SMILES string of the molecule is COC(=O)c1cccc(C(=O)N2CCc3ccccc32)c1. The summed E-state index contributed by atoms with van der Waals surface area (Å²) in [5, 5.41) is 0. The van der Waals surface area contributed by atoms with Gasteiger partial charge >= 0.3 is 5.97 Å². The second-order valence-corrected chi connectivity index (χ2v) is 4.91. The molecule has 0 spiro atoms. The van der Waals surface area contributed by atoms with Crippen molar-refractivity contribution < 1.29 is 14.3 Å². The predicted molar refractivity (Wildman–Crippen MR) is 79.6 cm³/mol. The van der Waals surface area contributed by atoms with E-state index in [2.05, 4.69) is 4.74 Å². The maximum absolute atomic E-state index is 12.6. The number of ether oxygens (including phenoxy) is 1. The van der Waals surface area contributed by atoms with Crippen molar-refractivity contribution >= 4 is 17.6 Å². The highest BCUT2D eigenvalue weighted by Crippen LogP contribution is 2.28. The van der Waals surface area contributed by atoms with Gasteiger partial charge in [0.15, 0.2) is 0 Å². The fourth-order valence-corrected chi connectivity index (χ4v) is 2.60. The summed E-state index contributed by atoms with van der Waals surface area (Å²) in [4.78, 5) is 26.0. The van der Waals surface area contributed by atoms with Crippen molar-refractivity contribution in [2.75, 3.05) is 18.6 Å². The summed E-state index contributed by atoms with van der Waals surface area (Å²) in [6, 6.07) is 14.5. The molecule has 0 unspecified atom stereocenters. The lowest BCUT2D eigenvalue weighted by molar-refractivity contribution is 0.0600. The molecule has 0 bridgehead atoms. The summed E-state index contributed by atoms with van der Waals surface area (Å²) in [5.74, 6) is -0.530. The van der Waals surface area contributed by atoms with E-state index in [9.17, 15) is 9.59 Å². The average molecular weight is 281 g/mol. The number of amides is 1. The zero-order chi connectivity index (χ0) is 14.8. The van der Waals surface area contributed by atoms with E-state index < -0.39 is 5.97 Å². The number of carbonyl (C=O) groups is 2. The summed E-state index contributed by atoms with van der Waals surface area (Å²) in [6.45, 7) is 0.667. The van der Waals surface area contributed by atoms with Gasteiger partial charge in [0.25, 0.3) is 5.91 Å². The lowest BCUT2D eigenvalue weighted by Gasteiger charge is -2.17. The Kier molecular flexibility index (Phi) is 3.44. The van der Waals surface area contributed by atoms with Crippen molar-refractivity contribution in [2.45, 2.75) is 6.42 Å². The van der Waals surface area contributed by atoms with Gasteiger partial charge in [0.1, 0.15) is 0 Å². The minimum atomic E-state index is -0.438. The van der Waals surface area contributed by atoms with Crippen LogP contribution in [0, 0.1) is 0 Å². The van der Waals surface area contributed by atoms with E-state index in [0.717, 1.165) is 12.1 Å². The number of hydrogen-bond acceptors (Lipinski definition) is 3. The molecule has 0 N–H and O–H groups in total. The van der Waals surface area contributed by atoms with E-state index in [4.69, 9.17) is 0 Å². The summed E-state index contributed by atoms with van der Waals surface area (Å²) >= 11 is 0. The van der Waals surface area contributed by atoms with Crippen molar-refractivity contribution in [1.29, 1.82) is 0 Å². The molecule has 106 valence electrons. The Morgan fingerprint density at radius 1 is 1.05 bits per heavy atom. The van der Waals surface area contributed by atoms with Crippen LogP contribution >= 0.6 is 0 Å². The molecule has 21 heavy (non-hydrogen) atoms. The number of carbonyl (C=O) groups excluding carboxylic acids is 2. The number of fused-ring (bicyclic) bond motifs is 1. The molecule has 4 nitrogen and oxygen atoms in total. The van der Waals surface area contributed by atoms with Crippen LogP contribution in [0.5, 0.6) is 0 Å². The van der Waals surface area contributed by atoms with Crippen LogP contribution in [0.2, 0.25) is 0 Å². The molecule has 1 aliphatic rings. The quantitative estimate of drug-likeness (QED) is 0.795. The Morgan fingerprint density at radius 3 is 2.62 bits per heavy atom. The van der Waals surface area contributed by atoms with Gasteiger partial charge in [-0.15, -0.1) is 0 Å². The van der Waals surface area contributed by atoms with Gasteiger partial charge in [-0.3, -0.25) is 4.79 Å². The van der Waals surface area contributed by atoms with E-state index in [1.165, 1.54) is 12.7 Å². The summed E-state index contributed by atoms with van der Waals surface area (Å²) < 4.78 is 4.69. The van der Waals surface area contributed by atoms with Crippen LogP contribution in [0.25, 0.3) is 0 Å². The third-order valence-electron chi connectivity index (χ3n) is 3.66. The highest BCUT2D eigenvalue weighted by molar-refractivity contribution is 6.08. The Morgan fingerprint density at radius 2 is 1.81 bits per heavy atom. The standard InChI is InChI=1S/C17H15NO3/c1-21-17(20)14-7-4-6-13(11-14)16(19)18-10-9-12-5-2-3-8-15(12)18/h2-8,11H,9-10H2,1H3. The van der Waals surface area contributed by atoms with Crippen LogP contribution in [-0.2, 0) is 11.2 Å². The summed E-state index contributed by atoms with van der Waals surface area (Å²) in [5.41, 5.74) is 3.01. The first kappa shape index (κ1) is 13.4. The van der Waals surface area contributed by atoms with Crippen molar-refractivity contribution in [3.05, 3.63) is 65.2 Å². The van der Waals surface area contributed by atoms with Crippen molar-refractivity contribution in [1.82, 2.24) is 0 Å². The maximum Gasteiger partial charge on any atom is 0.337 e. The van der Waals surface area contributed by atoms with Crippen LogP contribution in [-0.4, -0.2) is 25.5 Å². The molecule has 2 aromatic rings. The molecule has 0 saturated carbocycles. The first-order valence-corrected chi connectivity index (χ1v) is 6.79. The van der Waals surface area contributed by atoms with Gasteiger partial charge in [0, 0.05) is 17.8 Å². The highest BCUT2D eigenvalue weighted by Gasteiger charge is 2.25. The molecule has 1 heterocycles. The first-order valence-electron chi connectivity index (χ1n) is 6.79. The minimum Gasteiger partial charge on any atom is -0.465 e. The van der Waals surface area contributed by atoms with Gasteiger partial charge < -0.3 is 9.64 Å². The van der Waals surface area contributed by atoms with E-state index in [-0.39, 0.29) is 5.91 Å². The molecular weight excluding hydrogens is 266 g/mol. The molecule has 4 heteroatoms. The zero-order valence-corrected chi connectivity index (χ0v) is 11.7. The molecule has 0 saturated heterocycles. The molecule has 0 aliphatic carbocycles. The van der Waals surface area contributed by atoms with Gasteiger partial charge in [-0.25, -0.2) is 4.79 Å². The van der Waals surface area contributed by atoms with Gasteiger partial charge in [0.2, 0.25) is 0 Å². The molecule has 1 aliphatic heterocycles. The number of hydrogen-bond donors (Lipinski definition) is 0. The largest absolute Gasteiger partial charge is 0.465 e. The summed E-state index contributed by atoms with van der Waals surface area (Å²) in [7, 11) is 1.33. The van der Waals surface area contributed by atoms with E-state index in [1.807, 2.05) is 24.3 Å². The summed E-state index contributed by atoms with van der Waals surface area (Å²) in [6.07, 6.45) is 0.860. The Balaban J connectivity index is 1.92. The Bertz CT molecular complexity index is 709. The number of nitrogens with zero attached hydrogens (tertiary/aromatic N) is 1. The number of esters is 1. The molecular formula is C17H15NO3. The smallest absolute Gasteiger partial charge is 0.337 e. The zero-order valence-electron chi connectivity index (χ0n) is 11.7. The third kappa shape index (κ3) is 2.40. The molecule has 0 radical (unpaired) electrons. The van der Waals surface area contributed by atoms with Crippen molar-refractivity contribution in [2.24, 2.45) is 0 Å². The van der Waals surface area contributed by atoms with Crippen molar-refractivity contribution in [3.8, 4) is 0 Å². The fourth-order valence-electron chi connectivity index (χ4n) is 2.60. The molecule has 1 amide bonds. The number of benzene rings is 2. The number of rotatable bonds is 2. The van der Waals surface area contributed by atoms with Crippen LogP contribution in [0.15, 0.2) is 48.5 Å². The highest BCUT2D eigenvalue weighted by atomic mass is 16.5. The van der Waals surface area contributed by atoms with Crippen LogP contribution < -0.4 is 4.90 Å². The van der Waals surface area contributed by atoms with Crippen LogP contribution in [0.1, 0.15) is 26.3 Å². The Labute approximate surface area is 123 Å². The second kappa shape index (κ2) is 5.40. The monoisotopic (exact) mass is 281 g/mol. The van der Waals surface area contributed by atoms with Gasteiger partial charge in [-0.05, 0) is 36.2 Å². The number of methoxy groups -OCH3 is 1. The molecule has 2 aromatic carbocycles. The van der Waals surface area contributed by atoms with E-state index >= 15 is 0 Å². The minimum absolute atomic E-state index is 0.0919. The molecule has 0 fully saturated rings. The number of para-hydroxylation sites is 1. The van der Waals surface area contributed by atoms with Gasteiger partial charge in [-0.2, -0.15) is 0 Å². The molecule has 0 atom stereocenters.